The highest BCUT2D eigenvalue weighted by molar-refractivity contribution is 5.94. The Labute approximate surface area is 162 Å². The molecule has 0 radical (unpaired) electrons. The van der Waals surface area contributed by atoms with E-state index in [1.807, 2.05) is 23.1 Å². The predicted molar refractivity (Wildman–Crippen MR) is 107 cm³/mol. The van der Waals surface area contributed by atoms with E-state index < -0.39 is 0 Å². The number of pyridine rings is 2. The van der Waals surface area contributed by atoms with Crippen LogP contribution in [0.4, 0.5) is 5.82 Å². The third kappa shape index (κ3) is 3.75. The second kappa shape index (κ2) is 7.82. The number of aliphatic hydroxyl groups is 1. The molecule has 28 heavy (non-hydrogen) atoms. The Morgan fingerprint density at radius 1 is 1.29 bits per heavy atom. The SMILES string of the molecule is O=C(NCc1cccnc1N1CCCC(O)C1)c1cc(=O)c2ccccc2[nH]1. The van der Waals surface area contributed by atoms with Crippen LogP contribution in [0.1, 0.15) is 28.9 Å². The van der Waals surface area contributed by atoms with Crippen molar-refractivity contribution in [2.75, 3.05) is 18.0 Å². The van der Waals surface area contributed by atoms with Gasteiger partial charge < -0.3 is 20.3 Å². The molecule has 4 rings (SSSR count). The number of anilines is 1. The molecule has 7 nitrogen and oxygen atoms in total. The Morgan fingerprint density at radius 3 is 3.00 bits per heavy atom. The van der Waals surface area contributed by atoms with E-state index in [-0.39, 0.29) is 29.7 Å². The van der Waals surface area contributed by atoms with Crippen molar-refractivity contribution in [2.24, 2.45) is 0 Å². The zero-order valence-electron chi connectivity index (χ0n) is 15.4. The van der Waals surface area contributed by atoms with Gasteiger partial charge in [0.2, 0.25) is 0 Å². The quantitative estimate of drug-likeness (QED) is 0.643. The molecule has 1 aromatic carbocycles. The molecule has 0 bridgehead atoms. The number of nitrogens with zero attached hydrogens (tertiary/aromatic N) is 2. The second-order valence-corrected chi connectivity index (χ2v) is 7.00. The summed E-state index contributed by atoms with van der Waals surface area (Å²) in [4.78, 5) is 34.3. The Hall–Kier alpha value is -3.19. The van der Waals surface area contributed by atoms with Gasteiger partial charge in [-0.05, 0) is 31.0 Å². The largest absolute Gasteiger partial charge is 0.391 e. The molecule has 1 fully saturated rings. The van der Waals surface area contributed by atoms with Crippen molar-refractivity contribution in [3.8, 4) is 0 Å². The first-order chi connectivity index (χ1) is 13.6. The third-order valence-electron chi connectivity index (χ3n) is 4.98. The van der Waals surface area contributed by atoms with Crippen LogP contribution in [0, 0.1) is 0 Å². The highest BCUT2D eigenvalue weighted by Crippen LogP contribution is 2.21. The normalized spacial score (nSPS) is 16.9. The molecule has 1 aliphatic heterocycles. The first-order valence-electron chi connectivity index (χ1n) is 9.39. The fourth-order valence-electron chi connectivity index (χ4n) is 3.59. The van der Waals surface area contributed by atoms with Gasteiger partial charge in [-0.15, -0.1) is 0 Å². The number of amides is 1. The number of para-hydroxylation sites is 1. The Bertz CT molecular complexity index is 1060. The smallest absolute Gasteiger partial charge is 0.268 e. The van der Waals surface area contributed by atoms with E-state index >= 15 is 0 Å². The van der Waals surface area contributed by atoms with Gasteiger partial charge in [-0.3, -0.25) is 9.59 Å². The number of hydrogen-bond donors (Lipinski definition) is 3. The lowest BCUT2D eigenvalue weighted by molar-refractivity contribution is 0.0946. The average molecular weight is 378 g/mol. The summed E-state index contributed by atoms with van der Waals surface area (Å²) < 4.78 is 0. The van der Waals surface area contributed by atoms with E-state index in [1.165, 1.54) is 6.07 Å². The predicted octanol–water partition coefficient (Wildman–Crippen LogP) is 1.81. The summed E-state index contributed by atoms with van der Waals surface area (Å²) in [6, 6.07) is 12.2. The van der Waals surface area contributed by atoms with Gasteiger partial charge >= 0.3 is 0 Å². The molecule has 1 unspecified atom stereocenters. The van der Waals surface area contributed by atoms with E-state index in [0.717, 1.165) is 30.8 Å². The number of rotatable bonds is 4. The lowest BCUT2D eigenvalue weighted by Gasteiger charge is -2.32. The zero-order chi connectivity index (χ0) is 19.5. The molecule has 3 heterocycles. The molecule has 2 aromatic heterocycles. The molecule has 3 aromatic rings. The monoisotopic (exact) mass is 378 g/mol. The van der Waals surface area contributed by atoms with Crippen LogP contribution in [0.3, 0.4) is 0 Å². The standard InChI is InChI=1S/C21H22N4O3/c26-15-6-4-10-25(13-15)20-14(5-3-9-22-20)12-23-21(28)18-11-19(27)16-7-1-2-8-17(16)24-18/h1-3,5,7-9,11,15,26H,4,6,10,12-13H2,(H,23,28)(H,24,27). The van der Waals surface area contributed by atoms with E-state index in [4.69, 9.17) is 0 Å². The van der Waals surface area contributed by atoms with Gasteiger partial charge in [0.1, 0.15) is 11.5 Å². The second-order valence-electron chi connectivity index (χ2n) is 7.00. The first kappa shape index (κ1) is 18.2. The topological polar surface area (TPSA) is 98.3 Å². The summed E-state index contributed by atoms with van der Waals surface area (Å²) in [5.41, 5.74) is 1.53. The molecular formula is C21H22N4O3. The highest BCUT2D eigenvalue weighted by atomic mass is 16.3. The van der Waals surface area contributed by atoms with Gasteiger partial charge in [-0.25, -0.2) is 4.98 Å². The fraction of sp³-hybridized carbons (Fsp3) is 0.286. The maximum atomic E-state index is 12.6. The molecule has 0 spiro atoms. The molecule has 0 saturated carbocycles. The van der Waals surface area contributed by atoms with Crippen molar-refractivity contribution in [2.45, 2.75) is 25.5 Å². The Balaban J connectivity index is 1.52. The minimum Gasteiger partial charge on any atom is -0.391 e. The van der Waals surface area contributed by atoms with Crippen molar-refractivity contribution < 1.29 is 9.90 Å². The number of aromatic nitrogens is 2. The number of carbonyl (C=O) groups excluding carboxylic acids is 1. The summed E-state index contributed by atoms with van der Waals surface area (Å²) in [7, 11) is 0. The fourth-order valence-corrected chi connectivity index (χ4v) is 3.59. The molecule has 1 atom stereocenters. The van der Waals surface area contributed by atoms with E-state index in [9.17, 15) is 14.7 Å². The minimum absolute atomic E-state index is 0.191. The summed E-state index contributed by atoms with van der Waals surface area (Å²) >= 11 is 0. The van der Waals surface area contributed by atoms with Gasteiger partial charge in [-0.1, -0.05) is 18.2 Å². The molecule has 0 aliphatic carbocycles. The number of β-amino-alcohol motifs (C(OH)–C–C–N with tert-alkyl or cyclic N) is 1. The number of hydrogen-bond acceptors (Lipinski definition) is 5. The molecule has 1 amide bonds. The van der Waals surface area contributed by atoms with Crippen molar-refractivity contribution in [1.82, 2.24) is 15.3 Å². The number of aromatic amines is 1. The number of carbonyl (C=O) groups is 1. The molecule has 3 N–H and O–H groups in total. The van der Waals surface area contributed by atoms with Gasteiger partial charge in [-0.2, -0.15) is 0 Å². The van der Waals surface area contributed by atoms with Crippen LogP contribution in [0.25, 0.3) is 10.9 Å². The molecular weight excluding hydrogens is 356 g/mol. The summed E-state index contributed by atoms with van der Waals surface area (Å²) in [6.07, 6.45) is 3.05. The van der Waals surface area contributed by atoms with Crippen molar-refractivity contribution in [3.63, 3.8) is 0 Å². The van der Waals surface area contributed by atoms with Crippen LogP contribution < -0.4 is 15.6 Å². The van der Waals surface area contributed by atoms with Crippen molar-refractivity contribution in [3.05, 3.63) is 70.1 Å². The third-order valence-corrected chi connectivity index (χ3v) is 4.98. The lowest BCUT2D eigenvalue weighted by atomic mass is 10.1. The van der Waals surface area contributed by atoms with E-state index in [1.54, 1.807) is 24.4 Å². The van der Waals surface area contributed by atoms with Crippen LogP contribution in [0.2, 0.25) is 0 Å². The maximum Gasteiger partial charge on any atom is 0.268 e. The number of benzene rings is 1. The van der Waals surface area contributed by atoms with Crippen molar-refractivity contribution >= 4 is 22.6 Å². The molecule has 1 saturated heterocycles. The van der Waals surface area contributed by atoms with Crippen LogP contribution in [-0.4, -0.2) is 40.2 Å². The number of nitrogens with one attached hydrogen (secondary N) is 2. The van der Waals surface area contributed by atoms with Gasteiger partial charge in [0.25, 0.3) is 5.91 Å². The number of aliphatic hydroxyl groups excluding tert-OH is 1. The number of H-pyrrole nitrogens is 1. The minimum atomic E-state index is -0.360. The molecule has 1 aliphatic rings. The number of piperidine rings is 1. The summed E-state index contributed by atoms with van der Waals surface area (Å²) in [5, 5.41) is 13.4. The van der Waals surface area contributed by atoms with Gasteiger partial charge in [0, 0.05) is 48.4 Å². The summed E-state index contributed by atoms with van der Waals surface area (Å²) in [6.45, 7) is 1.65. The van der Waals surface area contributed by atoms with Crippen LogP contribution >= 0.6 is 0 Å². The Kier molecular flexibility index (Phi) is 5.08. The number of fused-ring (bicyclic) bond motifs is 1. The maximum absolute atomic E-state index is 12.6. The lowest BCUT2D eigenvalue weighted by Crippen LogP contribution is -2.39. The molecule has 7 heteroatoms. The molecule has 144 valence electrons. The van der Waals surface area contributed by atoms with Crippen LogP contribution in [0.5, 0.6) is 0 Å². The summed E-state index contributed by atoms with van der Waals surface area (Å²) in [5.74, 6) is 0.421. The van der Waals surface area contributed by atoms with E-state index in [2.05, 4.69) is 15.3 Å². The van der Waals surface area contributed by atoms with Gasteiger partial charge in [0.05, 0.1) is 6.10 Å². The van der Waals surface area contributed by atoms with Crippen molar-refractivity contribution in [1.29, 1.82) is 0 Å². The van der Waals surface area contributed by atoms with E-state index in [0.29, 0.717) is 17.4 Å². The average Bonchev–Trinajstić information content (AvgIpc) is 2.72. The highest BCUT2D eigenvalue weighted by Gasteiger charge is 2.21. The van der Waals surface area contributed by atoms with Crippen LogP contribution in [-0.2, 0) is 6.54 Å². The zero-order valence-corrected chi connectivity index (χ0v) is 15.4. The van der Waals surface area contributed by atoms with Gasteiger partial charge in [0.15, 0.2) is 5.43 Å². The van der Waals surface area contributed by atoms with Crippen LogP contribution in [0.15, 0.2) is 53.5 Å². The Morgan fingerprint density at radius 2 is 2.14 bits per heavy atom. The first-order valence-corrected chi connectivity index (χ1v) is 9.39.